The Labute approximate surface area is 444 Å². The molecule has 0 saturated carbocycles. The minimum Gasteiger partial charge on any atom is -0.463 e. The van der Waals surface area contributed by atoms with Crippen LogP contribution in [0.3, 0.4) is 0 Å². The predicted octanol–water partition coefficient (Wildman–Crippen LogP) is 3.80. The van der Waals surface area contributed by atoms with Crippen molar-refractivity contribution < 1.29 is 103 Å². The summed E-state index contributed by atoms with van der Waals surface area (Å²) >= 11 is 0. The van der Waals surface area contributed by atoms with Crippen molar-refractivity contribution in [2.24, 2.45) is 0 Å². The number of carbonyl (C=O) groups excluding carboxylic acids is 3. The first-order valence-corrected chi connectivity index (χ1v) is 28.6. The standard InChI is InChI=1S/C54H96O21/c1-4-7-10-13-16-19-22-25-34-28-40(55)67-31-38-44(59)47(62)50(65)53(74-38)71-36(27-24-21-18-15-12-9-6-3)30-42(57)69-33-39-45(60)48(63)51(66)54(75-39)72-35(26-23-20-17-14-11-8-5-2)29-41(56)68-32-37-43(58)46(61)49(64)52(70-34)73-37/h34-39,43-54,58-66H,4-33H2,1-3H3/t34-,35-,36?,37-,38-,39-,43+,44+,45+,46+,47+,48+,49-,50-,51-,52-,53-,54-/m1/s1. The van der Waals surface area contributed by atoms with E-state index in [1.165, 1.54) is 0 Å². The maximum absolute atomic E-state index is 13.6. The molecule has 0 spiro atoms. The highest BCUT2D eigenvalue weighted by Gasteiger charge is 2.49. The van der Waals surface area contributed by atoms with Gasteiger partial charge in [0.15, 0.2) is 18.9 Å². The molecule has 0 aromatic heterocycles. The third-order valence-corrected chi connectivity index (χ3v) is 14.8. The zero-order valence-electron chi connectivity index (χ0n) is 45.0. The van der Waals surface area contributed by atoms with E-state index >= 15 is 0 Å². The third-order valence-electron chi connectivity index (χ3n) is 14.8. The van der Waals surface area contributed by atoms with Gasteiger partial charge in [0.25, 0.3) is 0 Å². The lowest BCUT2D eigenvalue weighted by Gasteiger charge is -2.41. The van der Waals surface area contributed by atoms with Gasteiger partial charge in [0, 0.05) is 0 Å². The van der Waals surface area contributed by atoms with Crippen molar-refractivity contribution in [1.29, 1.82) is 0 Å². The van der Waals surface area contributed by atoms with Crippen molar-refractivity contribution in [3.63, 3.8) is 0 Å². The Balaban J connectivity index is 1.61. The Hall–Kier alpha value is -2.19. The van der Waals surface area contributed by atoms with Gasteiger partial charge in [-0.15, -0.1) is 0 Å². The van der Waals surface area contributed by atoms with Crippen molar-refractivity contribution in [3.05, 3.63) is 0 Å². The Kier molecular flexibility index (Phi) is 31.5. The number of hydrogen-bond donors (Lipinski definition) is 9. The Morgan fingerprint density at radius 1 is 0.307 bits per heavy atom. The van der Waals surface area contributed by atoms with Crippen molar-refractivity contribution >= 4 is 17.9 Å². The summed E-state index contributed by atoms with van der Waals surface area (Å²) in [6.07, 6.45) is -8.42. The molecule has 4 aliphatic heterocycles. The molecule has 0 aromatic carbocycles. The molecule has 6 bridgehead atoms. The molecule has 4 saturated heterocycles. The van der Waals surface area contributed by atoms with E-state index in [0.29, 0.717) is 19.3 Å². The number of carbonyl (C=O) groups is 3. The van der Waals surface area contributed by atoms with Crippen LogP contribution in [0.4, 0.5) is 0 Å². The van der Waals surface area contributed by atoms with Crippen LogP contribution in [-0.2, 0) is 57.0 Å². The van der Waals surface area contributed by atoms with E-state index in [2.05, 4.69) is 20.8 Å². The lowest BCUT2D eigenvalue weighted by molar-refractivity contribution is -0.314. The molecule has 21 heteroatoms. The third kappa shape index (κ3) is 22.8. The number of esters is 3. The summed E-state index contributed by atoms with van der Waals surface area (Å²) in [6.45, 7) is 4.57. The summed E-state index contributed by atoms with van der Waals surface area (Å²) < 4.78 is 52.9. The maximum Gasteiger partial charge on any atom is 0.308 e. The molecule has 75 heavy (non-hydrogen) atoms. The fourth-order valence-corrected chi connectivity index (χ4v) is 9.97. The van der Waals surface area contributed by atoms with Gasteiger partial charge in [0.05, 0.1) is 37.6 Å². The van der Waals surface area contributed by atoms with E-state index in [4.69, 9.17) is 42.6 Å². The zero-order chi connectivity index (χ0) is 54.7. The molecule has 1 unspecified atom stereocenters. The van der Waals surface area contributed by atoms with Gasteiger partial charge in [0.2, 0.25) is 0 Å². The smallest absolute Gasteiger partial charge is 0.308 e. The molecule has 438 valence electrons. The summed E-state index contributed by atoms with van der Waals surface area (Å²) in [7, 11) is 0. The largest absolute Gasteiger partial charge is 0.463 e. The molecular weight excluding hydrogens is 985 g/mol. The van der Waals surface area contributed by atoms with Gasteiger partial charge in [-0.05, 0) is 19.3 Å². The first-order chi connectivity index (χ1) is 36.1. The molecule has 21 nitrogen and oxygen atoms in total. The number of rotatable bonds is 24. The lowest BCUT2D eigenvalue weighted by atomic mass is 9.98. The van der Waals surface area contributed by atoms with Gasteiger partial charge in [0.1, 0.15) is 93.1 Å². The van der Waals surface area contributed by atoms with E-state index in [0.717, 1.165) is 116 Å². The van der Waals surface area contributed by atoms with Gasteiger partial charge in [-0.1, -0.05) is 156 Å². The second-order valence-corrected chi connectivity index (χ2v) is 21.2. The van der Waals surface area contributed by atoms with E-state index in [9.17, 15) is 60.3 Å². The number of unbranched alkanes of at least 4 members (excludes halogenated alkanes) is 18. The van der Waals surface area contributed by atoms with E-state index < -0.39 is 167 Å². The number of aliphatic hydroxyl groups is 9. The van der Waals surface area contributed by atoms with Crippen LogP contribution in [0.5, 0.6) is 0 Å². The first kappa shape index (κ1) is 65.3. The average molecular weight is 1080 g/mol. The van der Waals surface area contributed by atoms with Crippen molar-refractivity contribution in [3.8, 4) is 0 Å². The van der Waals surface area contributed by atoms with Crippen molar-refractivity contribution in [1.82, 2.24) is 0 Å². The molecule has 0 amide bonds. The Morgan fingerprint density at radius 2 is 0.533 bits per heavy atom. The second-order valence-electron chi connectivity index (χ2n) is 21.2. The summed E-state index contributed by atoms with van der Waals surface area (Å²) in [5.41, 5.74) is 0. The molecule has 9 N–H and O–H groups in total. The second kappa shape index (κ2) is 36.1. The van der Waals surface area contributed by atoms with Crippen LogP contribution in [0.2, 0.25) is 0 Å². The van der Waals surface area contributed by atoms with Gasteiger partial charge in [-0.25, -0.2) is 0 Å². The van der Waals surface area contributed by atoms with Crippen LogP contribution >= 0.6 is 0 Å². The van der Waals surface area contributed by atoms with Crippen LogP contribution < -0.4 is 0 Å². The van der Waals surface area contributed by atoms with Crippen molar-refractivity contribution in [2.75, 3.05) is 19.8 Å². The number of cyclic esters (lactones) is 3. The zero-order valence-corrected chi connectivity index (χ0v) is 45.0. The number of hydrogen-bond acceptors (Lipinski definition) is 21. The van der Waals surface area contributed by atoms with E-state index in [-0.39, 0.29) is 19.3 Å². The minimum atomic E-state index is -1.82. The highest BCUT2D eigenvalue weighted by molar-refractivity contribution is 5.70. The van der Waals surface area contributed by atoms with Crippen LogP contribution in [0.25, 0.3) is 0 Å². The monoisotopic (exact) mass is 1080 g/mol. The summed E-state index contributed by atoms with van der Waals surface area (Å²) in [4.78, 5) is 40.7. The van der Waals surface area contributed by atoms with Gasteiger partial charge in [-0.2, -0.15) is 0 Å². The number of fused-ring (bicyclic) bond motifs is 6. The Morgan fingerprint density at radius 3 is 0.773 bits per heavy atom. The number of ether oxygens (including phenoxy) is 9. The molecule has 4 fully saturated rings. The molecule has 0 aliphatic carbocycles. The highest BCUT2D eigenvalue weighted by Crippen LogP contribution is 2.30. The van der Waals surface area contributed by atoms with Crippen LogP contribution in [-0.4, -0.2) is 194 Å². The van der Waals surface area contributed by atoms with Crippen LogP contribution in [0.15, 0.2) is 0 Å². The van der Waals surface area contributed by atoms with E-state index in [1.54, 1.807) is 0 Å². The molecule has 18 atom stereocenters. The molecule has 4 aliphatic rings. The first-order valence-electron chi connectivity index (χ1n) is 28.6. The van der Waals surface area contributed by atoms with E-state index in [1.807, 2.05) is 0 Å². The van der Waals surface area contributed by atoms with Crippen molar-refractivity contribution in [2.45, 2.75) is 305 Å². The fraction of sp³-hybridized carbons (Fsp3) is 0.944. The quantitative estimate of drug-likeness (QED) is 0.0377. The van der Waals surface area contributed by atoms with Gasteiger partial charge >= 0.3 is 17.9 Å². The van der Waals surface area contributed by atoms with Gasteiger partial charge < -0.3 is 88.6 Å². The fourth-order valence-electron chi connectivity index (χ4n) is 9.97. The minimum absolute atomic E-state index is 0.288. The molecule has 0 aromatic rings. The Bertz CT molecular complexity index is 1380. The highest BCUT2D eigenvalue weighted by atomic mass is 16.7. The normalized spacial score (nSPS) is 36.2. The molecule has 4 rings (SSSR count). The molecule has 4 heterocycles. The predicted molar refractivity (Wildman–Crippen MR) is 269 cm³/mol. The molecule has 0 radical (unpaired) electrons. The number of aliphatic hydroxyl groups excluding tert-OH is 9. The van der Waals surface area contributed by atoms with Gasteiger partial charge in [-0.3, -0.25) is 14.4 Å². The average Bonchev–Trinajstić information content (AvgIpc) is 3.38. The maximum atomic E-state index is 13.6. The SMILES string of the molecule is CCCCCCCCCC1CC(=O)OC[C@H]2O[C@@H](O[C@H](CCCCCCCCC)CC(=O)OC[C@H]3O[C@@H](O[C@H](CCCCCCCCC)CC(=O)OC[C@H]4O[C@@H](O1)[C@H](O)[C@@H](O)[C@H]4O)[C@H](O)[C@@H](O)[C@H]3O)[C@H](O)[C@@H](O)[C@H]2O. The lowest BCUT2D eigenvalue weighted by Crippen LogP contribution is -2.60. The van der Waals surface area contributed by atoms with Crippen LogP contribution in [0, 0.1) is 0 Å². The molecular formula is C54H96O21. The summed E-state index contributed by atoms with van der Waals surface area (Å²) in [5, 5.41) is 99.2. The topological polar surface area (TPSA) is 316 Å². The van der Waals surface area contributed by atoms with Crippen LogP contribution in [0.1, 0.15) is 194 Å². The summed E-state index contributed by atoms with van der Waals surface area (Å²) in [5.74, 6) is -2.47. The summed E-state index contributed by atoms with van der Waals surface area (Å²) in [6, 6.07) is 0.